The van der Waals surface area contributed by atoms with Crippen molar-refractivity contribution in [2.75, 3.05) is 26.7 Å². The maximum Gasteiger partial charge on any atom is 0.269 e. The summed E-state index contributed by atoms with van der Waals surface area (Å²) in [5.74, 6) is 2.45. The number of hydrogen-bond acceptors (Lipinski definition) is 6. The Morgan fingerprint density at radius 1 is 1.21 bits per heavy atom. The number of hydrogen-bond donors (Lipinski definition) is 1. The number of rotatable bonds is 3. The molecule has 1 amide bonds. The highest BCUT2D eigenvalue weighted by atomic mass is 16.2. The number of nitrogens with zero attached hydrogens (tertiary/aromatic N) is 8. The molecule has 2 aliphatic rings. The monoisotopic (exact) mass is 381 g/mol. The first kappa shape index (κ1) is 17.1. The largest absolute Gasteiger partial charge is 0.349 e. The summed E-state index contributed by atoms with van der Waals surface area (Å²) in [6.07, 6.45) is 3.94. The van der Waals surface area contributed by atoms with Crippen molar-refractivity contribution < 1.29 is 4.79 Å². The van der Waals surface area contributed by atoms with Crippen LogP contribution in [0.5, 0.6) is 0 Å². The van der Waals surface area contributed by atoms with Gasteiger partial charge in [0.1, 0.15) is 11.4 Å². The molecule has 1 unspecified atom stereocenters. The average Bonchev–Trinajstić information content (AvgIpc) is 3.39. The minimum absolute atomic E-state index is 0.106. The van der Waals surface area contributed by atoms with Crippen LogP contribution in [0.2, 0.25) is 0 Å². The SMILES string of the molecule is CN1CCCC(c2nc(-c3cc4n(n3)CCNC4=O)n(-c3ccnn3C)n2)C1. The Labute approximate surface area is 162 Å². The molecule has 0 saturated carbocycles. The van der Waals surface area contributed by atoms with Crippen molar-refractivity contribution >= 4 is 5.91 Å². The number of likely N-dealkylation sites (N-methyl/N-ethyl adjacent to an activating group) is 1. The highest BCUT2D eigenvalue weighted by molar-refractivity contribution is 5.94. The predicted molar refractivity (Wildman–Crippen MR) is 101 cm³/mol. The zero-order chi connectivity index (χ0) is 19.3. The fourth-order valence-electron chi connectivity index (χ4n) is 4.02. The van der Waals surface area contributed by atoms with Crippen molar-refractivity contribution in [1.82, 2.24) is 44.5 Å². The van der Waals surface area contributed by atoms with Crippen LogP contribution in [0.1, 0.15) is 35.1 Å². The van der Waals surface area contributed by atoms with Crippen LogP contribution in [-0.2, 0) is 13.6 Å². The Balaban J connectivity index is 1.62. The number of carbonyl (C=O) groups excluding carboxylic acids is 1. The van der Waals surface area contributed by atoms with Crippen LogP contribution in [0.25, 0.3) is 17.3 Å². The molecule has 28 heavy (non-hydrogen) atoms. The Bertz CT molecular complexity index is 1030. The van der Waals surface area contributed by atoms with Crippen LogP contribution in [0, 0.1) is 0 Å². The molecule has 0 bridgehead atoms. The van der Waals surface area contributed by atoms with E-state index in [1.54, 1.807) is 26.3 Å². The number of likely N-dealkylation sites (tertiary alicyclic amines) is 1. The topological polar surface area (TPSA) is 98.7 Å². The second kappa shape index (κ2) is 6.55. The highest BCUT2D eigenvalue weighted by Gasteiger charge is 2.28. The number of fused-ring (bicyclic) bond motifs is 1. The van der Waals surface area contributed by atoms with E-state index in [1.165, 1.54) is 0 Å². The smallest absolute Gasteiger partial charge is 0.269 e. The summed E-state index contributed by atoms with van der Waals surface area (Å²) in [5.41, 5.74) is 1.20. The lowest BCUT2D eigenvalue weighted by Gasteiger charge is -2.27. The van der Waals surface area contributed by atoms with E-state index in [0.717, 1.165) is 37.6 Å². The molecule has 1 atom stereocenters. The van der Waals surface area contributed by atoms with Crippen LogP contribution in [0.15, 0.2) is 18.3 Å². The number of amides is 1. The average molecular weight is 381 g/mol. The number of carbonyl (C=O) groups is 1. The van der Waals surface area contributed by atoms with Crippen molar-refractivity contribution in [3.05, 3.63) is 29.8 Å². The van der Waals surface area contributed by atoms with Crippen LogP contribution in [0.4, 0.5) is 0 Å². The molecule has 0 aromatic carbocycles. The molecule has 5 heterocycles. The predicted octanol–water partition coefficient (Wildman–Crippen LogP) is 0.417. The van der Waals surface area contributed by atoms with Crippen molar-refractivity contribution in [3.63, 3.8) is 0 Å². The molecule has 146 valence electrons. The van der Waals surface area contributed by atoms with Gasteiger partial charge < -0.3 is 10.2 Å². The molecule has 10 nitrogen and oxygen atoms in total. The summed E-state index contributed by atoms with van der Waals surface area (Å²) >= 11 is 0. The van der Waals surface area contributed by atoms with Gasteiger partial charge in [0, 0.05) is 38.2 Å². The van der Waals surface area contributed by atoms with Gasteiger partial charge in [-0.15, -0.1) is 5.10 Å². The standard InChI is InChI=1S/C18H23N9O/c1-24-8-3-4-12(11-24)16-21-17(27(23-16)15-5-6-20-25(15)2)13-10-14-18(28)19-7-9-26(14)22-13/h5-6,10,12H,3-4,7-9,11H2,1-2H3,(H,19,28). The lowest BCUT2D eigenvalue weighted by atomic mass is 9.98. The van der Waals surface area contributed by atoms with Crippen LogP contribution < -0.4 is 5.32 Å². The van der Waals surface area contributed by atoms with Crippen molar-refractivity contribution in [2.24, 2.45) is 7.05 Å². The molecule has 0 aliphatic carbocycles. The first-order valence-corrected chi connectivity index (χ1v) is 9.60. The third-order valence-corrected chi connectivity index (χ3v) is 5.48. The highest BCUT2D eigenvalue weighted by Crippen LogP contribution is 2.28. The number of aromatic nitrogens is 7. The van der Waals surface area contributed by atoms with Gasteiger partial charge in [-0.2, -0.15) is 14.9 Å². The molecule has 1 fully saturated rings. The van der Waals surface area contributed by atoms with Gasteiger partial charge in [0.15, 0.2) is 17.5 Å². The maximum atomic E-state index is 12.2. The molecule has 3 aromatic heterocycles. The maximum absolute atomic E-state index is 12.2. The molecular weight excluding hydrogens is 358 g/mol. The minimum atomic E-state index is -0.106. The Morgan fingerprint density at radius 2 is 2.11 bits per heavy atom. The van der Waals surface area contributed by atoms with E-state index in [4.69, 9.17) is 10.1 Å². The Morgan fingerprint density at radius 3 is 2.86 bits per heavy atom. The summed E-state index contributed by atoms with van der Waals surface area (Å²) in [6.45, 7) is 3.29. The molecule has 0 radical (unpaired) electrons. The van der Waals surface area contributed by atoms with E-state index in [1.807, 2.05) is 13.1 Å². The lowest BCUT2D eigenvalue weighted by Crippen LogP contribution is -2.35. The van der Waals surface area contributed by atoms with Crippen molar-refractivity contribution in [3.8, 4) is 17.3 Å². The van der Waals surface area contributed by atoms with E-state index in [-0.39, 0.29) is 11.8 Å². The normalized spacial score (nSPS) is 20.2. The van der Waals surface area contributed by atoms with Crippen molar-refractivity contribution in [1.29, 1.82) is 0 Å². The quantitative estimate of drug-likeness (QED) is 0.706. The van der Waals surface area contributed by atoms with E-state index in [2.05, 4.69) is 27.5 Å². The van der Waals surface area contributed by atoms with E-state index >= 15 is 0 Å². The Hall–Kier alpha value is -3.01. The summed E-state index contributed by atoms with van der Waals surface area (Å²) in [7, 11) is 4.01. The summed E-state index contributed by atoms with van der Waals surface area (Å²) in [6, 6.07) is 3.69. The molecule has 1 N–H and O–H groups in total. The third-order valence-electron chi connectivity index (χ3n) is 5.48. The van der Waals surface area contributed by atoms with E-state index in [0.29, 0.717) is 30.3 Å². The second-order valence-corrected chi connectivity index (χ2v) is 7.51. The summed E-state index contributed by atoms with van der Waals surface area (Å²) < 4.78 is 5.30. The zero-order valence-corrected chi connectivity index (χ0v) is 16.0. The lowest BCUT2D eigenvalue weighted by molar-refractivity contribution is 0.0924. The van der Waals surface area contributed by atoms with Gasteiger partial charge in [0.2, 0.25) is 0 Å². The number of aryl methyl sites for hydroxylation is 1. The molecule has 5 rings (SSSR count). The Kier molecular flexibility index (Phi) is 4.00. The van der Waals surface area contributed by atoms with Gasteiger partial charge in [-0.05, 0) is 26.4 Å². The minimum Gasteiger partial charge on any atom is -0.349 e. The van der Waals surface area contributed by atoms with Gasteiger partial charge in [-0.3, -0.25) is 14.2 Å². The molecular formula is C18H23N9O. The molecule has 0 spiro atoms. The molecule has 2 aliphatic heterocycles. The zero-order valence-electron chi connectivity index (χ0n) is 16.0. The summed E-state index contributed by atoms with van der Waals surface area (Å²) in [5, 5.41) is 16.6. The molecule has 10 heteroatoms. The van der Waals surface area contributed by atoms with E-state index in [9.17, 15) is 4.79 Å². The van der Waals surface area contributed by atoms with E-state index < -0.39 is 0 Å². The van der Waals surface area contributed by atoms with Crippen LogP contribution in [-0.4, -0.2) is 71.8 Å². The first-order valence-electron chi connectivity index (χ1n) is 9.60. The van der Waals surface area contributed by atoms with Crippen LogP contribution in [0.3, 0.4) is 0 Å². The van der Waals surface area contributed by atoms with Crippen molar-refractivity contribution in [2.45, 2.75) is 25.3 Å². The van der Waals surface area contributed by atoms with Gasteiger partial charge in [0.25, 0.3) is 5.91 Å². The fraction of sp³-hybridized carbons (Fsp3) is 0.500. The molecule has 3 aromatic rings. The van der Waals surface area contributed by atoms with Gasteiger partial charge in [-0.25, -0.2) is 4.98 Å². The van der Waals surface area contributed by atoms with Gasteiger partial charge in [0.05, 0.1) is 12.7 Å². The van der Waals surface area contributed by atoms with Gasteiger partial charge >= 0.3 is 0 Å². The second-order valence-electron chi connectivity index (χ2n) is 7.51. The number of piperidine rings is 1. The number of nitrogens with one attached hydrogen (secondary N) is 1. The first-order chi connectivity index (χ1) is 13.6. The van der Waals surface area contributed by atoms with Crippen LogP contribution >= 0.6 is 0 Å². The molecule has 1 saturated heterocycles. The fourth-order valence-corrected chi connectivity index (χ4v) is 4.02. The van der Waals surface area contributed by atoms with Gasteiger partial charge in [-0.1, -0.05) is 0 Å². The summed E-state index contributed by atoms with van der Waals surface area (Å²) in [4.78, 5) is 19.4. The third kappa shape index (κ3) is 2.80.